The molecule has 0 aromatic carbocycles. The van der Waals surface area contributed by atoms with Crippen LogP contribution in [0.1, 0.15) is 25.5 Å². The number of ether oxygens (including phenoxy) is 2. The van der Waals surface area contributed by atoms with Gasteiger partial charge in [0.05, 0.1) is 6.33 Å². The highest BCUT2D eigenvalue weighted by Gasteiger charge is 2.25. The topological polar surface area (TPSA) is 62.1 Å². The summed E-state index contributed by atoms with van der Waals surface area (Å²) in [5.41, 5.74) is 1.29. The largest absolute Gasteiger partial charge is 0.356 e. The Labute approximate surface area is 109 Å². The highest BCUT2D eigenvalue weighted by Crippen LogP contribution is 2.30. The molecule has 0 unspecified atom stereocenters. The average molecular weight is 269 g/mol. The fraction of sp³-hybridized carbons (Fsp3) is 0.545. The first-order chi connectivity index (χ1) is 8.79. The summed E-state index contributed by atoms with van der Waals surface area (Å²) in [6, 6.07) is 0. The molecular weight excluding hydrogens is 256 g/mol. The quantitative estimate of drug-likeness (QED) is 0.781. The second kappa shape index (κ2) is 4.79. The Morgan fingerprint density at radius 1 is 1.39 bits per heavy atom. The van der Waals surface area contributed by atoms with Crippen LogP contribution < -0.4 is 0 Å². The van der Waals surface area contributed by atoms with Crippen LogP contribution >= 0.6 is 11.6 Å². The Balaban J connectivity index is 1.96. The predicted octanol–water partition coefficient (Wildman–Crippen LogP) is 2.15. The van der Waals surface area contributed by atoms with Gasteiger partial charge in [0.2, 0.25) is 0 Å². The number of methoxy groups -OCH3 is 1. The number of fused-ring (bicyclic) bond motifs is 1. The van der Waals surface area contributed by atoms with Gasteiger partial charge in [0, 0.05) is 7.11 Å². The molecule has 0 radical (unpaired) electrons. The van der Waals surface area contributed by atoms with Crippen molar-refractivity contribution in [2.75, 3.05) is 7.11 Å². The second-order valence-corrected chi connectivity index (χ2v) is 4.53. The van der Waals surface area contributed by atoms with E-state index in [9.17, 15) is 0 Å². The van der Waals surface area contributed by atoms with Crippen molar-refractivity contribution in [2.45, 2.75) is 31.8 Å². The maximum atomic E-state index is 5.97. The molecule has 1 aliphatic heterocycles. The lowest BCUT2D eigenvalue weighted by Gasteiger charge is -2.29. The van der Waals surface area contributed by atoms with Gasteiger partial charge in [-0.15, -0.1) is 0 Å². The minimum atomic E-state index is -0.168. The van der Waals surface area contributed by atoms with E-state index in [1.165, 1.54) is 6.33 Å². The smallest absolute Gasteiger partial charge is 0.166 e. The van der Waals surface area contributed by atoms with Gasteiger partial charge in [-0.1, -0.05) is 11.6 Å². The molecule has 0 N–H and O–H groups in total. The highest BCUT2D eigenvalue weighted by molar-refractivity contribution is 6.33. The van der Waals surface area contributed by atoms with Crippen LogP contribution in [0.25, 0.3) is 11.2 Å². The minimum Gasteiger partial charge on any atom is -0.356 e. The Bertz CT molecular complexity index is 559. The van der Waals surface area contributed by atoms with Gasteiger partial charge in [-0.25, -0.2) is 15.0 Å². The molecule has 1 saturated heterocycles. The number of hydrogen-bond donors (Lipinski definition) is 0. The van der Waals surface area contributed by atoms with Crippen molar-refractivity contribution in [3.8, 4) is 0 Å². The van der Waals surface area contributed by atoms with Crippen LogP contribution in [0.3, 0.4) is 0 Å². The van der Waals surface area contributed by atoms with Crippen LogP contribution in [0, 0.1) is 0 Å². The van der Waals surface area contributed by atoms with Crippen LogP contribution in [0.4, 0.5) is 0 Å². The summed E-state index contributed by atoms with van der Waals surface area (Å²) in [6.07, 6.45) is 5.70. The van der Waals surface area contributed by atoms with Gasteiger partial charge in [0.25, 0.3) is 0 Å². The van der Waals surface area contributed by atoms with Crippen molar-refractivity contribution >= 4 is 22.8 Å². The second-order valence-electron chi connectivity index (χ2n) is 4.18. The first kappa shape index (κ1) is 11.8. The van der Waals surface area contributed by atoms with E-state index in [2.05, 4.69) is 15.0 Å². The van der Waals surface area contributed by atoms with Gasteiger partial charge >= 0.3 is 0 Å². The lowest BCUT2D eigenvalue weighted by atomic mass is 10.1. The lowest BCUT2D eigenvalue weighted by Crippen LogP contribution is -2.27. The van der Waals surface area contributed by atoms with E-state index in [0.717, 1.165) is 19.3 Å². The van der Waals surface area contributed by atoms with Crippen molar-refractivity contribution in [1.29, 1.82) is 0 Å². The Hall–Kier alpha value is -1.24. The summed E-state index contributed by atoms with van der Waals surface area (Å²) < 4.78 is 12.9. The van der Waals surface area contributed by atoms with Crippen molar-refractivity contribution in [1.82, 2.24) is 19.5 Å². The molecule has 0 aliphatic carbocycles. The molecule has 6 nitrogen and oxygen atoms in total. The maximum absolute atomic E-state index is 5.97. The van der Waals surface area contributed by atoms with E-state index in [1.54, 1.807) is 13.4 Å². The lowest BCUT2D eigenvalue weighted by molar-refractivity contribution is -0.201. The highest BCUT2D eigenvalue weighted by atomic mass is 35.5. The summed E-state index contributed by atoms with van der Waals surface area (Å²) in [7, 11) is 1.65. The fourth-order valence-electron chi connectivity index (χ4n) is 2.18. The van der Waals surface area contributed by atoms with Crippen LogP contribution in [-0.4, -0.2) is 32.9 Å². The first-order valence-electron chi connectivity index (χ1n) is 5.81. The fourth-order valence-corrected chi connectivity index (χ4v) is 2.36. The van der Waals surface area contributed by atoms with Gasteiger partial charge in [-0.3, -0.25) is 4.57 Å². The zero-order chi connectivity index (χ0) is 12.5. The maximum Gasteiger partial charge on any atom is 0.166 e. The summed E-state index contributed by atoms with van der Waals surface area (Å²) in [5.74, 6) is 0. The zero-order valence-corrected chi connectivity index (χ0v) is 10.7. The summed E-state index contributed by atoms with van der Waals surface area (Å²) in [6.45, 7) is 0. The average Bonchev–Trinajstić information content (AvgIpc) is 2.84. The molecule has 3 heterocycles. The SMILES string of the molecule is CO[C@H]1CCC[C@@H](n2cnc3c(Cl)ncnc32)O1. The van der Waals surface area contributed by atoms with Gasteiger partial charge in [0.1, 0.15) is 18.1 Å². The van der Waals surface area contributed by atoms with E-state index in [1.807, 2.05) is 4.57 Å². The Morgan fingerprint density at radius 2 is 2.28 bits per heavy atom. The first-order valence-corrected chi connectivity index (χ1v) is 6.18. The van der Waals surface area contributed by atoms with Crippen molar-refractivity contribution in [3.05, 3.63) is 17.8 Å². The van der Waals surface area contributed by atoms with E-state index in [4.69, 9.17) is 21.1 Å². The van der Waals surface area contributed by atoms with Gasteiger partial charge in [-0.2, -0.15) is 0 Å². The normalized spacial score (nSPS) is 24.6. The Morgan fingerprint density at radius 3 is 3.11 bits per heavy atom. The number of rotatable bonds is 2. The molecule has 0 bridgehead atoms. The summed E-state index contributed by atoms with van der Waals surface area (Å²) >= 11 is 5.97. The van der Waals surface area contributed by atoms with E-state index >= 15 is 0 Å². The number of nitrogens with zero attached hydrogens (tertiary/aromatic N) is 4. The number of halogens is 1. The molecule has 2 aromatic heterocycles. The van der Waals surface area contributed by atoms with Crippen molar-refractivity contribution < 1.29 is 9.47 Å². The predicted molar refractivity (Wildman–Crippen MR) is 65.1 cm³/mol. The van der Waals surface area contributed by atoms with Gasteiger partial charge in [-0.05, 0) is 19.3 Å². The summed E-state index contributed by atoms with van der Waals surface area (Å²) in [5, 5.41) is 0.359. The molecule has 3 rings (SSSR count). The van der Waals surface area contributed by atoms with Crippen molar-refractivity contribution in [2.24, 2.45) is 0 Å². The monoisotopic (exact) mass is 268 g/mol. The van der Waals surface area contributed by atoms with Gasteiger partial charge in [0.15, 0.2) is 17.1 Å². The molecule has 0 saturated carbocycles. The van der Waals surface area contributed by atoms with Crippen LogP contribution in [0.2, 0.25) is 5.15 Å². The molecule has 96 valence electrons. The number of imidazole rings is 1. The summed E-state index contributed by atoms with van der Waals surface area (Å²) in [4.78, 5) is 12.4. The Kier molecular flexibility index (Phi) is 3.15. The molecule has 2 aromatic rings. The molecule has 2 atom stereocenters. The minimum absolute atomic E-state index is 0.111. The molecule has 0 amide bonds. The van der Waals surface area contributed by atoms with E-state index < -0.39 is 0 Å². The number of hydrogen-bond acceptors (Lipinski definition) is 5. The molecule has 1 aliphatic rings. The van der Waals surface area contributed by atoms with E-state index in [0.29, 0.717) is 16.3 Å². The molecule has 1 fully saturated rings. The molecule has 0 spiro atoms. The third-order valence-electron chi connectivity index (χ3n) is 3.09. The number of aromatic nitrogens is 4. The molecular formula is C11H13ClN4O2. The zero-order valence-electron chi connectivity index (χ0n) is 9.91. The van der Waals surface area contributed by atoms with Crippen LogP contribution in [0.5, 0.6) is 0 Å². The van der Waals surface area contributed by atoms with Crippen LogP contribution in [-0.2, 0) is 9.47 Å². The standard InChI is InChI=1S/C11H13ClN4O2/c1-17-8-4-2-3-7(18-8)16-6-15-9-10(12)13-5-14-11(9)16/h5-8H,2-4H2,1H3/t7-,8+/m0/s1. The van der Waals surface area contributed by atoms with Gasteiger partial charge < -0.3 is 9.47 Å². The third-order valence-corrected chi connectivity index (χ3v) is 3.36. The molecule has 18 heavy (non-hydrogen) atoms. The molecule has 7 heteroatoms. The van der Waals surface area contributed by atoms with Crippen molar-refractivity contribution in [3.63, 3.8) is 0 Å². The van der Waals surface area contributed by atoms with E-state index in [-0.39, 0.29) is 12.5 Å². The third kappa shape index (κ3) is 1.96. The van der Waals surface area contributed by atoms with Crippen LogP contribution in [0.15, 0.2) is 12.7 Å².